The second-order valence-electron chi connectivity index (χ2n) is 5.51. The van der Waals surface area contributed by atoms with Gasteiger partial charge in [0.15, 0.2) is 0 Å². The molecule has 0 aliphatic carbocycles. The minimum Gasteiger partial charge on any atom is -0.497 e. The summed E-state index contributed by atoms with van der Waals surface area (Å²) in [4.78, 5) is 23.2. The van der Waals surface area contributed by atoms with Gasteiger partial charge in [-0.2, -0.15) is 5.10 Å². The van der Waals surface area contributed by atoms with Crippen molar-refractivity contribution in [3.05, 3.63) is 23.8 Å². The van der Waals surface area contributed by atoms with Crippen molar-refractivity contribution in [1.29, 1.82) is 0 Å². The molecule has 1 rings (SSSR count). The Balaban J connectivity index is 2.73. The van der Waals surface area contributed by atoms with Crippen molar-refractivity contribution in [1.82, 2.24) is 10.7 Å². The van der Waals surface area contributed by atoms with Crippen molar-refractivity contribution in [2.75, 3.05) is 14.2 Å². The van der Waals surface area contributed by atoms with Gasteiger partial charge in [0, 0.05) is 11.1 Å². The lowest BCUT2D eigenvalue weighted by atomic mass is 10.1. The van der Waals surface area contributed by atoms with Gasteiger partial charge in [0.25, 0.3) is 0 Å². The maximum Gasteiger partial charge on any atom is 0.329 e. The quantitative estimate of drug-likeness (QED) is 0.495. The molecule has 0 radical (unpaired) electrons. The summed E-state index contributed by atoms with van der Waals surface area (Å²) in [5.41, 5.74) is 2.28. The van der Waals surface area contributed by atoms with Gasteiger partial charge in [-0.25, -0.2) is 5.43 Å². The summed E-state index contributed by atoms with van der Waals surface area (Å²) in [6.07, 6.45) is 1.38. The van der Waals surface area contributed by atoms with Crippen LogP contribution in [-0.2, 0) is 9.59 Å². The zero-order valence-electron chi connectivity index (χ0n) is 13.4. The number of amides is 2. The predicted octanol–water partition coefficient (Wildman–Crippen LogP) is 1.07. The molecule has 0 fully saturated rings. The van der Waals surface area contributed by atoms with Gasteiger partial charge in [0.05, 0.1) is 20.4 Å². The van der Waals surface area contributed by atoms with Crippen LogP contribution in [0.1, 0.15) is 26.3 Å². The van der Waals surface area contributed by atoms with Gasteiger partial charge in [0.1, 0.15) is 11.5 Å². The normalized spacial score (nSPS) is 11.1. The van der Waals surface area contributed by atoms with Crippen molar-refractivity contribution < 1.29 is 19.1 Å². The zero-order valence-corrected chi connectivity index (χ0v) is 13.4. The number of methoxy groups -OCH3 is 2. The van der Waals surface area contributed by atoms with Crippen LogP contribution in [0.15, 0.2) is 23.3 Å². The Morgan fingerprint density at radius 2 is 1.82 bits per heavy atom. The minimum absolute atomic E-state index is 0.492. The summed E-state index contributed by atoms with van der Waals surface area (Å²) in [7, 11) is 3.07. The number of rotatable bonds is 4. The van der Waals surface area contributed by atoms with E-state index < -0.39 is 17.4 Å². The van der Waals surface area contributed by atoms with Gasteiger partial charge in [-0.3, -0.25) is 9.59 Å². The Bertz CT molecular complexity index is 577. The van der Waals surface area contributed by atoms with Crippen LogP contribution in [0, 0.1) is 0 Å². The van der Waals surface area contributed by atoms with E-state index in [2.05, 4.69) is 15.8 Å². The molecule has 7 heteroatoms. The molecule has 2 N–H and O–H groups in total. The highest BCUT2D eigenvalue weighted by Gasteiger charge is 2.19. The number of hydrazone groups is 1. The third kappa shape index (κ3) is 5.43. The van der Waals surface area contributed by atoms with E-state index in [4.69, 9.17) is 9.47 Å². The SMILES string of the molecule is COc1ccc(OC)c(/C=N\NC(=O)C(=O)NC(C)(C)C)c1. The van der Waals surface area contributed by atoms with E-state index in [1.807, 2.05) is 0 Å². The molecule has 0 atom stereocenters. The monoisotopic (exact) mass is 307 g/mol. The Morgan fingerprint density at radius 1 is 1.14 bits per heavy atom. The number of hydrogen-bond donors (Lipinski definition) is 2. The first-order chi connectivity index (χ1) is 10.3. The van der Waals surface area contributed by atoms with Crippen LogP contribution in [0.5, 0.6) is 11.5 Å². The first kappa shape index (κ1) is 17.5. The van der Waals surface area contributed by atoms with Crippen LogP contribution in [0.3, 0.4) is 0 Å². The molecule has 7 nitrogen and oxygen atoms in total. The summed E-state index contributed by atoms with van der Waals surface area (Å²) >= 11 is 0. The molecule has 0 aliphatic heterocycles. The van der Waals surface area contributed by atoms with Crippen LogP contribution in [-0.4, -0.2) is 37.8 Å². The van der Waals surface area contributed by atoms with E-state index in [1.165, 1.54) is 13.3 Å². The smallest absolute Gasteiger partial charge is 0.329 e. The number of nitrogens with zero attached hydrogens (tertiary/aromatic N) is 1. The topological polar surface area (TPSA) is 89.0 Å². The Hall–Kier alpha value is -2.57. The van der Waals surface area contributed by atoms with Crippen LogP contribution >= 0.6 is 0 Å². The summed E-state index contributed by atoms with van der Waals surface area (Å²) in [6, 6.07) is 5.16. The van der Waals surface area contributed by atoms with Gasteiger partial charge in [0.2, 0.25) is 0 Å². The molecule has 0 bridgehead atoms. The average molecular weight is 307 g/mol. The summed E-state index contributed by atoms with van der Waals surface area (Å²) < 4.78 is 10.3. The van der Waals surface area contributed by atoms with Crippen molar-refractivity contribution in [2.45, 2.75) is 26.3 Å². The lowest BCUT2D eigenvalue weighted by Gasteiger charge is -2.19. The van der Waals surface area contributed by atoms with Crippen molar-refractivity contribution in [2.24, 2.45) is 5.10 Å². The number of nitrogens with one attached hydrogen (secondary N) is 2. The van der Waals surface area contributed by atoms with Crippen LogP contribution < -0.4 is 20.2 Å². The van der Waals surface area contributed by atoms with Gasteiger partial charge in [-0.1, -0.05) is 0 Å². The fourth-order valence-corrected chi connectivity index (χ4v) is 1.55. The lowest BCUT2D eigenvalue weighted by molar-refractivity contribution is -0.140. The number of hydrogen-bond acceptors (Lipinski definition) is 5. The molecule has 0 unspecified atom stereocenters. The predicted molar refractivity (Wildman–Crippen MR) is 83.2 cm³/mol. The van der Waals surface area contributed by atoms with Crippen molar-refractivity contribution in [3.8, 4) is 11.5 Å². The second kappa shape index (κ2) is 7.44. The highest BCUT2D eigenvalue weighted by Crippen LogP contribution is 2.22. The largest absolute Gasteiger partial charge is 0.497 e. The van der Waals surface area contributed by atoms with Crippen molar-refractivity contribution >= 4 is 18.0 Å². The van der Waals surface area contributed by atoms with E-state index in [1.54, 1.807) is 46.1 Å². The highest BCUT2D eigenvalue weighted by atomic mass is 16.5. The maximum absolute atomic E-state index is 11.6. The average Bonchev–Trinajstić information content (AvgIpc) is 2.45. The molecule has 0 saturated heterocycles. The van der Waals surface area contributed by atoms with Crippen LogP contribution in [0.4, 0.5) is 0 Å². The molecule has 0 saturated carbocycles. The first-order valence-electron chi connectivity index (χ1n) is 6.64. The fraction of sp³-hybridized carbons (Fsp3) is 0.400. The lowest BCUT2D eigenvalue weighted by Crippen LogP contribution is -2.47. The summed E-state index contributed by atoms with van der Waals surface area (Å²) in [5, 5.41) is 6.29. The Kier molecular flexibility index (Phi) is 5.91. The molecule has 0 heterocycles. The van der Waals surface area contributed by atoms with E-state index in [0.29, 0.717) is 17.1 Å². The van der Waals surface area contributed by atoms with Gasteiger partial charge < -0.3 is 14.8 Å². The van der Waals surface area contributed by atoms with E-state index >= 15 is 0 Å². The molecule has 0 aromatic heterocycles. The number of carbonyl (C=O) groups is 2. The minimum atomic E-state index is -0.840. The molecule has 0 aliphatic rings. The second-order valence-corrected chi connectivity index (χ2v) is 5.51. The van der Waals surface area contributed by atoms with Gasteiger partial charge >= 0.3 is 11.8 Å². The highest BCUT2D eigenvalue weighted by molar-refractivity contribution is 6.35. The number of benzene rings is 1. The Labute approximate surface area is 129 Å². The first-order valence-corrected chi connectivity index (χ1v) is 6.64. The molecule has 22 heavy (non-hydrogen) atoms. The van der Waals surface area contributed by atoms with Crippen LogP contribution in [0.2, 0.25) is 0 Å². The molecular weight excluding hydrogens is 286 g/mol. The molecular formula is C15H21N3O4. The maximum atomic E-state index is 11.6. The molecule has 1 aromatic carbocycles. The fourth-order valence-electron chi connectivity index (χ4n) is 1.55. The van der Waals surface area contributed by atoms with Gasteiger partial charge in [-0.15, -0.1) is 0 Å². The Morgan fingerprint density at radius 3 is 2.36 bits per heavy atom. The molecule has 120 valence electrons. The summed E-state index contributed by atoms with van der Waals surface area (Å²) in [6.45, 7) is 5.34. The number of ether oxygens (including phenoxy) is 2. The van der Waals surface area contributed by atoms with E-state index in [-0.39, 0.29) is 0 Å². The van der Waals surface area contributed by atoms with Crippen molar-refractivity contribution in [3.63, 3.8) is 0 Å². The van der Waals surface area contributed by atoms with E-state index in [0.717, 1.165) is 0 Å². The molecule has 0 spiro atoms. The number of carbonyl (C=O) groups excluding carboxylic acids is 2. The third-order valence-electron chi connectivity index (χ3n) is 2.50. The van der Waals surface area contributed by atoms with E-state index in [9.17, 15) is 9.59 Å². The zero-order chi connectivity index (χ0) is 16.8. The van der Waals surface area contributed by atoms with Gasteiger partial charge in [-0.05, 0) is 39.0 Å². The molecule has 1 aromatic rings. The summed E-state index contributed by atoms with van der Waals surface area (Å²) in [5.74, 6) is -0.396. The van der Waals surface area contributed by atoms with Crippen LogP contribution in [0.25, 0.3) is 0 Å². The third-order valence-corrected chi connectivity index (χ3v) is 2.50. The molecule has 2 amide bonds. The standard InChI is InChI=1S/C15H21N3O4/c1-15(2,3)17-13(19)14(20)18-16-9-10-8-11(21-4)6-7-12(10)22-5/h6-9H,1-5H3,(H,17,19)(H,18,20)/b16-9-.